The number of amides is 4. The van der Waals surface area contributed by atoms with Gasteiger partial charge in [0.25, 0.3) is 0 Å². The summed E-state index contributed by atoms with van der Waals surface area (Å²) in [7, 11) is 0. The Kier molecular flexibility index (Phi) is 10.7. The van der Waals surface area contributed by atoms with Gasteiger partial charge in [-0.15, -0.1) is 0 Å². The zero-order valence-corrected chi connectivity index (χ0v) is 16.1. The van der Waals surface area contributed by atoms with Gasteiger partial charge < -0.3 is 37.6 Å². The van der Waals surface area contributed by atoms with Gasteiger partial charge in [0.15, 0.2) is 0 Å². The minimum atomic E-state index is -1.54. The molecule has 0 saturated carbocycles. The average molecular weight is 403 g/mol. The molecule has 0 aromatic heterocycles. The molecule has 9 N–H and O–H groups in total. The molecule has 0 fully saturated rings. The van der Waals surface area contributed by atoms with Crippen LogP contribution in [0.3, 0.4) is 0 Å². The van der Waals surface area contributed by atoms with E-state index in [1.54, 1.807) is 6.92 Å². The molecule has 0 aromatic rings. The highest BCUT2D eigenvalue weighted by atomic mass is 16.4. The molecule has 0 saturated heterocycles. The Morgan fingerprint density at radius 1 is 1.04 bits per heavy atom. The molecular weight excluding hydrogens is 374 g/mol. The molecule has 28 heavy (non-hydrogen) atoms. The van der Waals surface area contributed by atoms with Crippen molar-refractivity contribution in [1.82, 2.24) is 16.0 Å². The minimum Gasteiger partial charge on any atom is -0.480 e. The first-order chi connectivity index (χ1) is 12.9. The predicted molar refractivity (Wildman–Crippen MR) is 97.4 cm³/mol. The van der Waals surface area contributed by atoms with Gasteiger partial charge in [0.1, 0.15) is 12.1 Å². The monoisotopic (exact) mass is 403 g/mol. The Balaban J connectivity index is 4.81. The van der Waals surface area contributed by atoms with Crippen molar-refractivity contribution in [3.63, 3.8) is 0 Å². The van der Waals surface area contributed by atoms with E-state index in [4.69, 9.17) is 16.6 Å². The van der Waals surface area contributed by atoms with Gasteiger partial charge in [-0.25, -0.2) is 4.79 Å². The lowest BCUT2D eigenvalue weighted by molar-refractivity contribution is -0.143. The summed E-state index contributed by atoms with van der Waals surface area (Å²) in [6.07, 6.45) is -1.26. The van der Waals surface area contributed by atoms with E-state index in [0.717, 1.165) is 0 Å². The molecule has 0 heterocycles. The molecule has 0 aliphatic rings. The van der Waals surface area contributed by atoms with Gasteiger partial charge in [0.2, 0.25) is 23.6 Å². The number of aliphatic carboxylic acids is 1. The summed E-state index contributed by atoms with van der Waals surface area (Å²) in [5.41, 5.74) is 10.7. The number of hydrogen-bond donors (Lipinski definition) is 7. The summed E-state index contributed by atoms with van der Waals surface area (Å²) in [6.45, 7) is 4.24. The van der Waals surface area contributed by atoms with Crippen LogP contribution in [0.5, 0.6) is 0 Å². The van der Waals surface area contributed by atoms with E-state index in [9.17, 15) is 29.1 Å². The Bertz CT molecular complexity index is 596. The van der Waals surface area contributed by atoms with Crippen LogP contribution >= 0.6 is 0 Å². The van der Waals surface area contributed by atoms with Crippen LogP contribution in [-0.4, -0.2) is 70.6 Å². The maximum Gasteiger partial charge on any atom is 0.326 e. The molecule has 4 amide bonds. The van der Waals surface area contributed by atoms with Crippen LogP contribution in [-0.2, 0) is 24.0 Å². The summed E-state index contributed by atoms with van der Waals surface area (Å²) >= 11 is 0. The van der Waals surface area contributed by atoms with E-state index in [-0.39, 0.29) is 5.92 Å². The topological polar surface area (TPSA) is 214 Å². The van der Waals surface area contributed by atoms with Gasteiger partial charge in [-0.2, -0.15) is 0 Å². The van der Waals surface area contributed by atoms with Crippen LogP contribution < -0.4 is 27.4 Å². The smallest absolute Gasteiger partial charge is 0.326 e. The summed E-state index contributed by atoms with van der Waals surface area (Å²) < 4.78 is 0. The van der Waals surface area contributed by atoms with E-state index in [1.165, 1.54) is 6.92 Å². The van der Waals surface area contributed by atoms with Crippen molar-refractivity contribution >= 4 is 29.6 Å². The Hall–Kier alpha value is -2.73. The number of rotatable bonds is 12. The van der Waals surface area contributed by atoms with Crippen LogP contribution in [0.2, 0.25) is 0 Å². The fraction of sp³-hybridized carbons (Fsp3) is 0.688. The summed E-state index contributed by atoms with van der Waals surface area (Å²) in [4.78, 5) is 57.9. The van der Waals surface area contributed by atoms with Gasteiger partial charge >= 0.3 is 5.97 Å². The van der Waals surface area contributed by atoms with Crippen molar-refractivity contribution in [1.29, 1.82) is 0 Å². The van der Waals surface area contributed by atoms with Gasteiger partial charge in [-0.1, -0.05) is 20.3 Å². The third-order valence-electron chi connectivity index (χ3n) is 4.08. The molecule has 0 bridgehead atoms. The van der Waals surface area contributed by atoms with Gasteiger partial charge in [-0.3, -0.25) is 19.2 Å². The summed E-state index contributed by atoms with van der Waals surface area (Å²) in [5, 5.41) is 25.2. The SMILES string of the molecule is CCC(C)C(N)C(=O)NC(C(=O)NCC(=O)NC(CC(N)=O)C(=O)O)C(C)O. The number of carboxylic acid groups (broad SMARTS) is 1. The Labute approximate surface area is 162 Å². The standard InChI is InChI=1S/C16H29N5O7/c1-4-7(2)12(18)14(25)21-13(8(3)22)15(26)19-6-11(24)20-9(16(27)28)5-10(17)23/h7-9,12-13,22H,4-6,18H2,1-3H3,(H2,17,23)(H,19,26)(H,20,24)(H,21,25)(H,27,28). The Morgan fingerprint density at radius 2 is 1.61 bits per heavy atom. The normalized spacial score (nSPS) is 16.0. The molecule has 0 spiro atoms. The largest absolute Gasteiger partial charge is 0.480 e. The first kappa shape index (κ1) is 25.3. The molecule has 0 radical (unpaired) electrons. The number of hydrogen-bond acceptors (Lipinski definition) is 7. The van der Waals surface area contributed by atoms with E-state index in [1.807, 2.05) is 12.2 Å². The van der Waals surface area contributed by atoms with E-state index in [0.29, 0.717) is 6.42 Å². The van der Waals surface area contributed by atoms with Gasteiger partial charge in [0.05, 0.1) is 25.1 Å². The minimum absolute atomic E-state index is 0.151. The van der Waals surface area contributed by atoms with Crippen LogP contribution in [0.1, 0.15) is 33.6 Å². The number of nitrogens with two attached hydrogens (primary N) is 2. The van der Waals surface area contributed by atoms with E-state index in [2.05, 4.69) is 10.6 Å². The van der Waals surface area contributed by atoms with Gasteiger partial charge in [0, 0.05) is 0 Å². The lowest BCUT2D eigenvalue weighted by atomic mass is 9.99. The number of aliphatic hydroxyl groups is 1. The van der Waals surface area contributed by atoms with Crippen LogP contribution in [0.4, 0.5) is 0 Å². The maximum absolute atomic E-state index is 12.2. The molecule has 5 atom stereocenters. The first-order valence-corrected chi connectivity index (χ1v) is 8.72. The fourth-order valence-electron chi connectivity index (χ4n) is 2.09. The third kappa shape index (κ3) is 8.77. The van der Waals surface area contributed by atoms with Crippen molar-refractivity contribution in [2.75, 3.05) is 6.54 Å². The second kappa shape index (κ2) is 11.9. The van der Waals surface area contributed by atoms with Crippen molar-refractivity contribution in [3.05, 3.63) is 0 Å². The molecule has 5 unspecified atom stereocenters. The molecule has 0 aliphatic carbocycles. The van der Waals surface area contributed by atoms with Gasteiger partial charge in [-0.05, 0) is 12.8 Å². The highest BCUT2D eigenvalue weighted by molar-refractivity contribution is 5.93. The second-order valence-corrected chi connectivity index (χ2v) is 6.48. The number of primary amides is 1. The van der Waals surface area contributed by atoms with Crippen LogP contribution in [0.25, 0.3) is 0 Å². The number of aliphatic hydroxyl groups excluding tert-OH is 1. The zero-order chi connectivity index (χ0) is 22.0. The number of nitrogens with one attached hydrogen (secondary N) is 3. The lowest BCUT2D eigenvalue weighted by Crippen LogP contribution is -2.58. The highest BCUT2D eigenvalue weighted by Crippen LogP contribution is 2.06. The van der Waals surface area contributed by atoms with Crippen molar-refractivity contribution in [2.24, 2.45) is 17.4 Å². The number of carboxylic acids is 1. The van der Waals surface area contributed by atoms with Crippen LogP contribution in [0.15, 0.2) is 0 Å². The van der Waals surface area contributed by atoms with Crippen LogP contribution in [0, 0.1) is 5.92 Å². The van der Waals surface area contributed by atoms with E-state index >= 15 is 0 Å². The molecule has 160 valence electrons. The number of carbonyl (C=O) groups excluding carboxylic acids is 4. The summed E-state index contributed by atoms with van der Waals surface area (Å²) in [6, 6.07) is -3.79. The first-order valence-electron chi connectivity index (χ1n) is 8.72. The van der Waals surface area contributed by atoms with Crippen molar-refractivity contribution < 1.29 is 34.2 Å². The van der Waals surface area contributed by atoms with Crippen molar-refractivity contribution in [3.8, 4) is 0 Å². The van der Waals surface area contributed by atoms with E-state index < -0.39 is 66.8 Å². The zero-order valence-electron chi connectivity index (χ0n) is 16.1. The summed E-state index contributed by atoms with van der Waals surface area (Å²) in [5.74, 6) is -4.93. The quantitative estimate of drug-likeness (QED) is 0.175. The average Bonchev–Trinajstić information content (AvgIpc) is 2.61. The maximum atomic E-state index is 12.2. The second-order valence-electron chi connectivity index (χ2n) is 6.48. The molecule has 0 rings (SSSR count). The molecule has 12 nitrogen and oxygen atoms in total. The predicted octanol–water partition coefficient (Wildman–Crippen LogP) is -3.21. The highest BCUT2D eigenvalue weighted by Gasteiger charge is 2.30. The third-order valence-corrected chi connectivity index (χ3v) is 4.08. The van der Waals surface area contributed by atoms with Crippen molar-refractivity contribution in [2.45, 2.75) is 57.8 Å². The lowest BCUT2D eigenvalue weighted by Gasteiger charge is -2.24. The number of carbonyl (C=O) groups is 5. The Morgan fingerprint density at radius 3 is 2.04 bits per heavy atom. The molecular formula is C16H29N5O7. The fourth-order valence-corrected chi connectivity index (χ4v) is 2.09. The molecule has 0 aromatic carbocycles. The molecule has 0 aliphatic heterocycles. The molecule has 12 heteroatoms.